The molecule has 1 aromatic rings. The summed E-state index contributed by atoms with van der Waals surface area (Å²) in [5.41, 5.74) is 6.71. The van der Waals surface area contributed by atoms with E-state index in [0.717, 1.165) is 12.8 Å². The molecule has 0 bridgehead atoms. The Labute approximate surface area is 112 Å². The molecule has 1 aliphatic rings. The predicted octanol–water partition coefficient (Wildman–Crippen LogP) is 2.17. The van der Waals surface area contributed by atoms with Crippen molar-refractivity contribution < 1.29 is 9.53 Å². The van der Waals surface area contributed by atoms with Crippen LogP contribution in [-0.4, -0.2) is 37.1 Å². The minimum absolute atomic E-state index is 0.00329. The summed E-state index contributed by atoms with van der Waals surface area (Å²) in [5, 5.41) is 0.420. The molecular weight excluding hydrogens is 252 g/mol. The average molecular weight is 269 g/mol. The Bertz CT molecular complexity index is 447. The minimum Gasteiger partial charge on any atom is -0.398 e. The summed E-state index contributed by atoms with van der Waals surface area (Å²) in [6.45, 7) is 1.16. The van der Waals surface area contributed by atoms with Gasteiger partial charge in [-0.1, -0.05) is 11.6 Å². The lowest BCUT2D eigenvalue weighted by atomic mass is 10.1. The monoisotopic (exact) mass is 268 g/mol. The van der Waals surface area contributed by atoms with Crippen molar-refractivity contribution >= 4 is 23.2 Å². The van der Waals surface area contributed by atoms with Crippen molar-refractivity contribution in [3.8, 4) is 0 Å². The summed E-state index contributed by atoms with van der Waals surface area (Å²) < 4.78 is 5.04. The van der Waals surface area contributed by atoms with Crippen molar-refractivity contribution in [3.63, 3.8) is 0 Å². The first kappa shape index (κ1) is 13.2. The van der Waals surface area contributed by atoms with Crippen LogP contribution in [0.2, 0.25) is 5.02 Å². The molecule has 0 saturated heterocycles. The molecule has 0 aliphatic heterocycles. The maximum absolute atomic E-state index is 12.4. The number of nitrogens with two attached hydrogens (primary N) is 1. The molecule has 1 saturated carbocycles. The van der Waals surface area contributed by atoms with Gasteiger partial charge in [-0.05, 0) is 31.0 Å². The number of benzene rings is 1. The summed E-state index contributed by atoms with van der Waals surface area (Å²) in [4.78, 5) is 14.2. The van der Waals surface area contributed by atoms with E-state index < -0.39 is 0 Å². The fourth-order valence-electron chi connectivity index (χ4n) is 1.85. The molecule has 5 heteroatoms. The first-order valence-corrected chi connectivity index (χ1v) is 6.36. The number of anilines is 1. The van der Waals surface area contributed by atoms with Crippen LogP contribution >= 0.6 is 11.6 Å². The number of nitrogens with zero attached hydrogens (tertiary/aromatic N) is 1. The Kier molecular flexibility index (Phi) is 4.09. The molecular formula is C13H17ClN2O2. The summed E-state index contributed by atoms with van der Waals surface area (Å²) in [5.74, 6) is -0.00329. The second kappa shape index (κ2) is 5.59. The smallest absolute Gasteiger partial charge is 0.254 e. The Morgan fingerprint density at radius 1 is 1.56 bits per heavy atom. The summed E-state index contributed by atoms with van der Waals surface area (Å²) >= 11 is 5.94. The van der Waals surface area contributed by atoms with Crippen molar-refractivity contribution in [2.45, 2.75) is 18.9 Å². The molecule has 0 spiro atoms. The molecule has 1 fully saturated rings. The standard InChI is InChI=1S/C13H17ClN2O2/c1-18-7-6-16(10-3-4-10)13(17)9-2-5-12(15)11(14)8-9/h2,5,8,10H,3-4,6-7,15H2,1H3. The van der Waals surface area contributed by atoms with Crippen molar-refractivity contribution in [3.05, 3.63) is 28.8 Å². The molecule has 4 nitrogen and oxygen atoms in total. The van der Waals surface area contributed by atoms with Gasteiger partial charge in [0.15, 0.2) is 0 Å². The van der Waals surface area contributed by atoms with Gasteiger partial charge in [-0.15, -0.1) is 0 Å². The zero-order valence-electron chi connectivity index (χ0n) is 10.4. The molecule has 0 unspecified atom stereocenters. The molecule has 18 heavy (non-hydrogen) atoms. The molecule has 0 aromatic heterocycles. The molecule has 0 atom stereocenters. The van der Waals surface area contributed by atoms with Gasteiger partial charge in [-0.3, -0.25) is 4.79 Å². The van der Waals surface area contributed by atoms with E-state index in [0.29, 0.717) is 35.5 Å². The van der Waals surface area contributed by atoms with Crippen molar-refractivity contribution in [1.82, 2.24) is 4.90 Å². The Morgan fingerprint density at radius 3 is 2.83 bits per heavy atom. The van der Waals surface area contributed by atoms with E-state index in [-0.39, 0.29) is 5.91 Å². The molecule has 1 aliphatic carbocycles. The predicted molar refractivity (Wildman–Crippen MR) is 71.8 cm³/mol. The third-order valence-electron chi connectivity index (χ3n) is 3.03. The van der Waals surface area contributed by atoms with E-state index in [1.807, 2.05) is 4.90 Å². The molecule has 0 radical (unpaired) electrons. The number of halogens is 1. The number of ether oxygens (including phenoxy) is 1. The van der Waals surface area contributed by atoms with Crippen LogP contribution in [0.25, 0.3) is 0 Å². The Balaban J connectivity index is 2.13. The lowest BCUT2D eigenvalue weighted by molar-refractivity contribution is 0.0680. The van der Waals surface area contributed by atoms with Gasteiger partial charge in [-0.25, -0.2) is 0 Å². The number of hydrogen-bond acceptors (Lipinski definition) is 3. The average Bonchev–Trinajstić information content (AvgIpc) is 3.17. The van der Waals surface area contributed by atoms with E-state index in [1.165, 1.54) is 0 Å². The van der Waals surface area contributed by atoms with Gasteiger partial charge in [0.25, 0.3) is 5.91 Å². The SMILES string of the molecule is COCCN(C(=O)c1ccc(N)c(Cl)c1)C1CC1. The fraction of sp³-hybridized carbons (Fsp3) is 0.462. The highest BCUT2D eigenvalue weighted by Gasteiger charge is 2.32. The van der Waals surface area contributed by atoms with E-state index in [2.05, 4.69) is 0 Å². The highest BCUT2D eigenvalue weighted by molar-refractivity contribution is 6.33. The summed E-state index contributed by atoms with van der Waals surface area (Å²) in [6.07, 6.45) is 2.14. The fourth-order valence-corrected chi connectivity index (χ4v) is 2.03. The Hall–Kier alpha value is -1.26. The maximum atomic E-state index is 12.4. The van der Waals surface area contributed by atoms with Crippen LogP contribution in [0.15, 0.2) is 18.2 Å². The van der Waals surface area contributed by atoms with Gasteiger partial charge in [0.2, 0.25) is 0 Å². The van der Waals surface area contributed by atoms with Crippen LogP contribution in [0, 0.1) is 0 Å². The lowest BCUT2D eigenvalue weighted by Crippen LogP contribution is -2.35. The highest BCUT2D eigenvalue weighted by atomic mass is 35.5. The van der Waals surface area contributed by atoms with Crippen LogP contribution in [0.4, 0.5) is 5.69 Å². The quantitative estimate of drug-likeness (QED) is 0.833. The third-order valence-corrected chi connectivity index (χ3v) is 3.36. The molecule has 2 rings (SSSR count). The largest absolute Gasteiger partial charge is 0.398 e. The maximum Gasteiger partial charge on any atom is 0.254 e. The number of amides is 1. The number of rotatable bonds is 5. The second-order valence-electron chi connectivity index (χ2n) is 4.46. The topological polar surface area (TPSA) is 55.6 Å². The van der Waals surface area contributed by atoms with E-state index in [9.17, 15) is 4.79 Å². The van der Waals surface area contributed by atoms with Crippen LogP contribution in [0.1, 0.15) is 23.2 Å². The molecule has 98 valence electrons. The molecule has 1 aromatic carbocycles. The second-order valence-corrected chi connectivity index (χ2v) is 4.87. The van der Waals surface area contributed by atoms with Crippen molar-refractivity contribution in [2.75, 3.05) is 26.0 Å². The number of carbonyl (C=O) groups excluding carboxylic acids is 1. The van der Waals surface area contributed by atoms with Crippen molar-refractivity contribution in [2.24, 2.45) is 0 Å². The van der Waals surface area contributed by atoms with Gasteiger partial charge in [0.1, 0.15) is 0 Å². The summed E-state index contributed by atoms with van der Waals surface area (Å²) in [7, 11) is 1.63. The minimum atomic E-state index is -0.00329. The number of methoxy groups -OCH3 is 1. The molecule has 1 amide bonds. The van der Waals surface area contributed by atoms with Gasteiger partial charge < -0.3 is 15.4 Å². The molecule has 2 N–H and O–H groups in total. The first-order valence-electron chi connectivity index (χ1n) is 5.98. The highest BCUT2D eigenvalue weighted by Crippen LogP contribution is 2.29. The molecule has 0 heterocycles. The zero-order valence-corrected chi connectivity index (χ0v) is 11.1. The first-order chi connectivity index (χ1) is 8.63. The number of carbonyl (C=O) groups is 1. The number of hydrogen-bond donors (Lipinski definition) is 1. The number of nitrogen functional groups attached to an aromatic ring is 1. The zero-order chi connectivity index (χ0) is 13.1. The van der Waals surface area contributed by atoms with E-state index >= 15 is 0 Å². The third kappa shape index (κ3) is 2.94. The normalized spacial score (nSPS) is 14.6. The van der Waals surface area contributed by atoms with E-state index in [1.54, 1.807) is 25.3 Å². The van der Waals surface area contributed by atoms with Crippen LogP contribution in [-0.2, 0) is 4.74 Å². The Morgan fingerprint density at radius 2 is 2.28 bits per heavy atom. The van der Waals surface area contributed by atoms with Gasteiger partial charge in [0.05, 0.1) is 17.3 Å². The van der Waals surface area contributed by atoms with Crippen LogP contribution in [0.3, 0.4) is 0 Å². The van der Waals surface area contributed by atoms with Gasteiger partial charge >= 0.3 is 0 Å². The van der Waals surface area contributed by atoms with Crippen LogP contribution < -0.4 is 5.73 Å². The van der Waals surface area contributed by atoms with Crippen molar-refractivity contribution in [1.29, 1.82) is 0 Å². The van der Waals surface area contributed by atoms with Crippen LogP contribution in [0.5, 0.6) is 0 Å². The van der Waals surface area contributed by atoms with Gasteiger partial charge in [-0.2, -0.15) is 0 Å². The van der Waals surface area contributed by atoms with Gasteiger partial charge in [0, 0.05) is 25.3 Å². The lowest BCUT2D eigenvalue weighted by Gasteiger charge is -2.22. The summed E-state index contributed by atoms with van der Waals surface area (Å²) in [6, 6.07) is 5.35. The van der Waals surface area contributed by atoms with E-state index in [4.69, 9.17) is 22.1 Å².